The Morgan fingerprint density at radius 3 is 2.61 bits per heavy atom. The molecule has 0 unspecified atom stereocenters. The first-order valence-corrected chi connectivity index (χ1v) is 12.8. The van der Waals surface area contributed by atoms with Gasteiger partial charge in [0.15, 0.2) is 28.5 Å². The normalized spacial score (nSPS) is 15.5. The number of ether oxygens (including phenoxy) is 2. The number of aryl methyl sites for hydroxylation is 2. The molecule has 0 radical (unpaired) electrons. The van der Waals surface area contributed by atoms with Crippen LogP contribution in [-0.2, 0) is 17.8 Å². The summed E-state index contributed by atoms with van der Waals surface area (Å²) in [5.41, 5.74) is 8.59. The molecule has 0 saturated carbocycles. The maximum absolute atomic E-state index is 14.2. The van der Waals surface area contributed by atoms with Gasteiger partial charge < -0.3 is 29.1 Å². The van der Waals surface area contributed by atoms with Gasteiger partial charge in [0.1, 0.15) is 17.3 Å². The molecule has 0 spiro atoms. The van der Waals surface area contributed by atoms with Crippen LogP contribution in [-0.4, -0.2) is 50.2 Å². The summed E-state index contributed by atoms with van der Waals surface area (Å²) in [7, 11) is 0. The predicted octanol–water partition coefficient (Wildman–Crippen LogP) is 4.08. The van der Waals surface area contributed by atoms with Gasteiger partial charge in [-0.05, 0) is 61.9 Å². The number of rotatable bonds is 6. The van der Waals surface area contributed by atoms with Crippen LogP contribution in [0, 0.1) is 18.9 Å². The van der Waals surface area contributed by atoms with Crippen molar-refractivity contribution in [3.8, 4) is 22.8 Å². The Bertz CT molecular complexity index is 1520. The fourth-order valence-corrected chi connectivity index (χ4v) is 5.37. The number of carbonyl (C=O) groups excluding carboxylic acids is 1. The van der Waals surface area contributed by atoms with Crippen molar-refractivity contribution in [2.45, 2.75) is 46.1 Å². The van der Waals surface area contributed by atoms with Crippen molar-refractivity contribution in [1.82, 2.24) is 24.4 Å². The summed E-state index contributed by atoms with van der Waals surface area (Å²) in [6, 6.07) is 7.69. The highest BCUT2D eigenvalue weighted by molar-refractivity contribution is 5.82. The number of nitrogens with zero attached hydrogens (tertiary/aromatic N) is 5. The van der Waals surface area contributed by atoms with Crippen molar-refractivity contribution in [1.29, 1.82) is 0 Å². The number of amides is 1. The Morgan fingerprint density at radius 2 is 1.89 bits per heavy atom. The molecule has 5 heterocycles. The lowest BCUT2D eigenvalue weighted by Gasteiger charge is -2.31. The third-order valence-corrected chi connectivity index (χ3v) is 7.45. The molecule has 11 heteroatoms. The van der Waals surface area contributed by atoms with Gasteiger partial charge >= 0.3 is 6.08 Å². The third-order valence-electron chi connectivity index (χ3n) is 7.45. The summed E-state index contributed by atoms with van der Waals surface area (Å²) >= 11 is 0. The highest BCUT2D eigenvalue weighted by atomic mass is 19.1. The molecule has 1 amide bonds. The molecule has 0 atom stereocenters. The lowest BCUT2D eigenvalue weighted by Crippen LogP contribution is -2.37. The number of likely N-dealkylation sites (tertiary alicyclic amines) is 1. The number of nitrogen functional groups attached to an aromatic ring is 1. The van der Waals surface area contributed by atoms with Crippen molar-refractivity contribution >= 4 is 22.9 Å². The summed E-state index contributed by atoms with van der Waals surface area (Å²) in [6.45, 7) is 5.76. The average Bonchev–Trinajstić information content (AvgIpc) is 3.61. The number of hydrogen-bond acceptors (Lipinski definition) is 8. The SMILES string of the molecule is CC(=O)N1CCC(CCn2c(Cc3cc4c(cc3-c3ccc(C)o3)OCO4)nc3c(N)nc(F)nc32)CC1. The number of hydrogen-bond donors (Lipinski definition) is 1. The van der Waals surface area contributed by atoms with Gasteiger partial charge in [-0.3, -0.25) is 4.79 Å². The molecule has 2 N–H and O–H groups in total. The topological polar surface area (TPSA) is 122 Å². The van der Waals surface area contributed by atoms with Crippen LogP contribution in [0.1, 0.15) is 43.3 Å². The quantitative estimate of drug-likeness (QED) is 0.378. The Labute approximate surface area is 218 Å². The first-order chi connectivity index (χ1) is 18.4. The minimum absolute atomic E-state index is 0.00911. The van der Waals surface area contributed by atoms with E-state index in [0.717, 1.165) is 49.2 Å². The van der Waals surface area contributed by atoms with Crippen LogP contribution in [0.5, 0.6) is 11.5 Å². The van der Waals surface area contributed by atoms with Crippen LogP contribution in [0.4, 0.5) is 10.2 Å². The number of piperidine rings is 1. The zero-order valence-electron chi connectivity index (χ0n) is 21.4. The van der Waals surface area contributed by atoms with E-state index in [1.165, 1.54) is 0 Å². The number of benzene rings is 1. The first kappa shape index (κ1) is 24.2. The van der Waals surface area contributed by atoms with Crippen molar-refractivity contribution in [2.75, 3.05) is 25.6 Å². The van der Waals surface area contributed by atoms with E-state index in [0.29, 0.717) is 53.1 Å². The Balaban J connectivity index is 1.36. The van der Waals surface area contributed by atoms with E-state index in [1.807, 2.05) is 40.7 Å². The highest BCUT2D eigenvalue weighted by Crippen LogP contribution is 2.40. The molecule has 6 rings (SSSR count). The summed E-state index contributed by atoms with van der Waals surface area (Å²) in [6.07, 6.45) is 2.23. The second kappa shape index (κ2) is 9.62. The van der Waals surface area contributed by atoms with Crippen molar-refractivity contribution in [3.05, 3.63) is 47.5 Å². The Morgan fingerprint density at radius 1 is 1.13 bits per heavy atom. The summed E-state index contributed by atoms with van der Waals surface area (Å²) < 4.78 is 33.4. The zero-order valence-corrected chi connectivity index (χ0v) is 21.4. The molecule has 4 aromatic rings. The zero-order chi connectivity index (χ0) is 26.4. The van der Waals surface area contributed by atoms with Crippen LogP contribution in [0.2, 0.25) is 0 Å². The second-order valence-electron chi connectivity index (χ2n) is 9.92. The van der Waals surface area contributed by atoms with Gasteiger partial charge in [-0.15, -0.1) is 0 Å². The molecule has 2 aliphatic heterocycles. The highest BCUT2D eigenvalue weighted by Gasteiger charge is 2.25. The van der Waals surface area contributed by atoms with Crippen molar-refractivity contribution in [2.24, 2.45) is 5.92 Å². The van der Waals surface area contributed by atoms with E-state index >= 15 is 0 Å². The fraction of sp³-hybridized carbons (Fsp3) is 0.407. The first-order valence-electron chi connectivity index (χ1n) is 12.8. The van der Waals surface area contributed by atoms with E-state index in [2.05, 4.69) is 9.97 Å². The van der Waals surface area contributed by atoms with E-state index in [1.54, 1.807) is 6.92 Å². The number of anilines is 1. The third kappa shape index (κ3) is 4.52. The van der Waals surface area contributed by atoms with Gasteiger partial charge in [0.05, 0.1) is 0 Å². The summed E-state index contributed by atoms with van der Waals surface area (Å²) in [5, 5.41) is 0. The molecule has 2 aliphatic rings. The summed E-state index contributed by atoms with van der Waals surface area (Å²) in [5.74, 6) is 4.06. The smallest absolute Gasteiger partial charge is 0.312 e. The number of fused-ring (bicyclic) bond motifs is 2. The molecular weight excluding hydrogens is 491 g/mol. The van der Waals surface area contributed by atoms with Crippen LogP contribution in [0.3, 0.4) is 0 Å². The number of carbonyl (C=O) groups is 1. The molecular formula is C27H29FN6O4. The molecule has 1 saturated heterocycles. The van der Waals surface area contributed by atoms with E-state index in [9.17, 15) is 9.18 Å². The van der Waals surface area contributed by atoms with Crippen molar-refractivity contribution < 1.29 is 23.1 Å². The van der Waals surface area contributed by atoms with Gasteiger partial charge in [0.2, 0.25) is 12.7 Å². The molecule has 0 aliphatic carbocycles. The molecule has 38 heavy (non-hydrogen) atoms. The van der Waals surface area contributed by atoms with Gasteiger partial charge in [0.25, 0.3) is 0 Å². The van der Waals surface area contributed by atoms with Crippen LogP contribution >= 0.6 is 0 Å². The molecule has 198 valence electrons. The van der Waals surface area contributed by atoms with Crippen LogP contribution in [0.25, 0.3) is 22.5 Å². The molecule has 0 bridgehead atoms. The molecule has 1 fully saturated rings. The van der Waals surface area contributed by atoms with E-state index in [4.69, 9.17) is 24.6 Å². The van der Waals surface area contributed by atoms with Gasteiger partial charge in [-0.1, -0.05) is 0 Å². The Hall–Kier alpha value is -4.15. The number of halogens is 1. The summed E-state index contributed by atoms with van der Waals surface area (Å²) in [4.78, 5) is 26.1. The van der Waals surface area contributed by atoms with Gasteiger partial charge in [-0.2, -0.15) is 14.4 Å². The lowest BCUT2D eigenvalue weighted by molar-refractivity contribution is -0.130. The lowest BCUT2D eigenvalue weighted by atomic mass is 9.93. The number of aromatic nitrogens is 4. The number of imidazole rings is 1. The standard InChI is InChI=1S/C27H29FN6O4/c1-15-3-4-20(38-15)19-13-22-21(36-14-37-22)11-18(19)12-23-30-24-25(29)31-27(28)32-26(24)34(23)10-7-17-5-8-33(9-6-17)16(2)35/h3-4,11,13,17H,5-10,12,14H2,1-2H3,(H2,29,31,32). The second-order valence-corrected chi connectivity index (χ2v) is 9.92. The average molecular weight is 521 g/mol. The molecule has 1 aromatic carbocycles. The maximum Gasteiger partial charge on any atom is 0.312 e. The van der Waals surface area contributed by atoms with Crippen LogP contribution < -0.4 is 15.2 Å². The monoisotopic (exact) mass is 520 g/mol. The van der Waals surface area contributed by atoms with E-state index < -0.39 is 6.08 Å². The fourth-order valence-electron chi connectivity index (χ4n) is 5.37. The molecule has 10 nitrogen and oxygen atoms in total. The predicted molar refractivity (Wildman–Crippen MR) is 137 cm³/mol. The minimum Gasteiger partial charge on any atom is -0.461 e. The number of nitrogens with two attached hydrogens (primary N) is 1. The minimum atomic E-state index is -0.882. The largest absolute Gasteiger partial charge is 0.461 e. The van der Waals surface area contributed by atoms with Crippen LogP contribution in [0.15, 0.2) is 28.7 Å². The maximum atomic E-state index is 14.2. The Kier molecular flexibility index (Phi) is 6.13. The number of furan rings is 1. The van der Waals surface area contributed by atoms with E-state index in [-0.39, 0.29) is 18.5 Å². The van der Waals surface area contributed by atoms with Gasteiger partial charge in [0, 0.05) is 38.5 Å². The van der Waals surface area contributed by atoms with Gasteiger partial charge in [-0.25, -0.2) is 4.98 Å². The molecule has 3 aromatic heterocycles. The van der Waals surface area contributed by atoms with Crippen molar-refractivity contribution in [3.63, 3.8) is 0 Å².